The Kier molecular flexibility index (Phi) is 5.51. The first-order chi connectivity index (χ1) is 12.0. The molecule has 1 aliphatic rings. The maximum atomic E-state index is 14.3. The van der Waals surface area contributed by atoms with Crippen LogP contribution in [0.15, 0.2) is 35.5 Å². The molecule has 0 radical (unpaired) electrons. The molecule has 2 N–H and O–H groups in total. The maximum Gasteiger partial charge on any atom is 0.240 e. The first-order valence-corrected chi connectivity index (χ1v) is 9.95. The van der Waals surface area contributed by atoms with E-state index in [0.29, 0.717) is 12.5 Å². The molecule has 1 aliphatic heterocycles. The summed E-state index contributed by atoms with van der Waals surface area (Å²) in [6.45, 7) is 4.17. The average molecular weight is 366 g/mol. The van der Waals surface area contributed by atoms with E-state index < -0.39 is 15.8 Å². The summed E-state index contributed by atoms with van der Waals surface area (Å²) in [5.41, 5.74) is 1.12. The van der Waals surface area contributed by atoms with Crippen molar-refractivity contribution in [3.8, 4) is 5.69 Å². The van der Waals surface area contributed by atoms with Gasteiger partial charge in [0.25, 0.3) is 0 Å². The second-order valence-electron chi connectivity index (χ2n) is 6.47. The van der Waals surface area contributed by atoms with Crippen LogP contribution >= 0.6 is 0 Å². The quantitative estimate of drug-likeness (QED) is 0.820. The predicted molar refractivity (Wildman–Crippen MR) is 93.7 cm³/mol. The van der Waals surface area contributed by atoms with Crippen molar-refractivity contribution in [1.82, 2.24) is 19.8 Å². The molecule has 0 bridgehead atoms. The molecule has 0 amide bonds. The van der Waals surface area contributed by atoms with E-state index in [4.69, 9.17) is 0 Å². The van der Waals surface area contributed by atoms with Crippen molar-refractivity contribution < 1.29 is 12.8 Å². The Morgan fingerprint density at radius 2 is 2.28 bits per heavy atom. The molecule has 2 aromatic rings. The molecule has 136 valence electrons. The van der Waals surface area contributed by atoms with E-state index in [1.54, 1.807) is 12.4 Å². The van der Waals surface area contributed by atoms with Crippen LogP contribution in [0.4, 0.5) is 4.39 Å². The van der Waals surface area contributed by atoms with E-state index in [0.717, 1.165) is 44.0 Å². The minimum atomic E-state index is -3.72. The molecule has 8 heteroatoms. The van der Waals surface area contributed by atoms with Gasteiger partial charge < -0.3 is 5.32 Å². The normalized spacial score (nSPS) is 18.4. The Morgan fingerprint density at radius 3 is 2.92 bits per heavy atom. The molecule has 1 saturated heterocycles. The number of hydrogen-bond donors (Lipinski definition) is 2. The molecule has 1 aromatic heterocycles. The van der Waals surface area contributed by atoms with Crippen LogP contribution in [0.25, 0.3) is 5.69 Å². The van der Waals surface area contributed by atoms with Crippen molar-refractivity contribution >= 4 is 10.0 Å². The van der Waals surface area contributed by atoms with Crippen molar-refractivity contribution in [3.63, 3.8) is 0 Å². The molecule has 0 spiro atoms. The van der Waals surface area contributed by atoms with Gasteiger partial charge in [0, 0.05) is 12.7 Å². The fraction of sp³-hybridized carbons (Fsp3) is 0.471. The van der Waals surface area contributed by atoms with Crippen molar-refractivity contribution in [2.45, 2.75) is 31.1 Å². The van der Waals surface area contributed by atoms with Crippen LogP contribution in [-0.4, -0.2) is 37.8 Å². The van der Waals surface area contributed by atoms with E-state index in [2.05, 4.69) is 15.1 Å². The van der Waals surface area contributed by atoms with Gasteiger partial charge in [-0.1, -0.05) is 0 Å². The molecule has 1 aromatic carbocycles. The molecule has 3 rings (SSSR count). The Hall–Kier alpha value is -1.77. The first-order valence-electron chi connectivity index (χ1n) is 8.47. The van der Waals surface area contributed by atoms with E-state index in [1.165, 1.54) is 16.8 Å². The lowest BCUT2D eigenvalue weighted by Gasteiger charge is -2.22. The fourth-order valence-corrected chi connectivity index (χ4v) is 4.10. The van der Waals surface area contributed by atoms with Crippen LogP contribution in [0.1, 0.15) is 24.8 Å². The summed E-state index contributed by atoms with van der Waals surface area (Å²) < 4.78 is 43.0. The number of hydrogen-bond acceptors (Lipinski definition) is 4. The van der Waals surface area contributed by atoms with Gasteiger partial charge >= 0.3 is 0 Å². The van der Waals surface area contributed by atoms with Crippen LogP contribution in [0, 0.1) is 18.7 Å². The molecule has 1 atom stereocenters. The van der Waals surface area contributed by atoms with Crippen LogP contribution in [0.2, 0.25) is 0 Å². The number of aryl methyl sites for hydroxylation is 1. The average Bonchev–Trinajstić information content (AvgIpc) is 3.02. The van der Waals surface area contributed by atoms with Gasteiger partial charge in [-0.2, -0.15) is 5.10 Å². The standard InChI is InChI=1S/C17H23FN4O2S/c1-13-10-20-22(12-13)17-5-4-15(9-16(17)18)25(23,24)21-8-6-14-3-2-7-19-11-14/h4-5,9-10,12,14,19,21H,2-3,6-8,11H2,1H3. The van der Waals surface area contributed by atoms with Gasteiger partial charge in [-0.3, -0.25) is 0 Å². The van der Waals surface area contributed by atoms with Gasteiger partial charge in [0.05, 0.1) is 11.1 Å². The molecule has 1 fully saturated rings. The van der Waals surface area contributed by atoms with Gasteiger partial charge in [-0.15, -0.1) is 0 Å². The number of aromatic nitrogens is 2. The minimum absolute atomic E-state index is 0.0700. The van der Waals surface area contributed by atoms with Crippen LogP contribution in [-0.2, 0) is 10.0 Å². The number of halogens is 1. The number of nitrogens with zero attached hydrogens (tertiary/aromatic N) is 2. The number of piperidine rings is 1. The minimum Gasteiger partial charge on any atom is -0.316 e. The summed E-state index contributed by atoms with van der Waals surface area (Å²) >= 11 is 0. The maximum absolute atomic E-state index is 14.3. The van der Waals surface area contributed by atoms with Crippen molar-refractivity contribution in [2.24, 2.45) is 5.92 Å². The topological polar surface area (TPSA) is 76.0 Å². The number of benzene rings is 1. The third kappa shape index (κ3) is 4.45. The molecular formula is C17H23FN4O2S. The summed E-state index contributed by atoms with van der Waals surface area (Å²) in [6, 6.07) is 3.87. The van der Waals surface area contributed by atoms with Gasteiger partial charge in [0.2, 0.25) is 10.0 Å². The Labute approximate surface area is 147 Å². The number of sulfonamides is 1. The summed E-state index contributed by atoms with van der Waals surface area (Å²) in [6.07, 6.45) is 6.31. The lowest BCUT2D eigenvalue weighted by atomic mass is 9.96. The lowest BCUT2D eigenvalue weighted by Crippen LogP contribution is -2.33. The van der Waals surface area contributed by atoms with Crippen molar-refractivity contribution in [2.75, 3.05) is 19.6 Å². The highest BCUT2D eigenvalue weighted by Gasteiger charge is 2.18. The Balaban J connectivity index is 1.66. The summed E-state index contributed by atoms with van der Waals surface area (Å²) in [4.78, 5) is -0.0700. The molecule has 25 heavy (non-hydrogen) atoms. The highest BCUT2D eigenvalue weighted by atomic mass is 32.2. The predicted octanol–water partition coefficient (Wildman–Crippen LogP) is 1.99. The Morgan fingerprint density at radius 1 is 1.44 bits per heavy atom. The monoisotopic (exact) mass is 366 g/mol. The van der Waals surface area contributed by atoms with Crippen LogP contribution < -0.4 is 10.0 Å². The van der Waals surface area contributed by atoms with Crippen molar-refractivity contribution in [1.29, 1.82) is 0 Å². The van der Waals surface area contributed by atoms with E-state index in [9.17, 15) is 12.8 Å². The molecule has 0 saturated carbocycles. The second kappa shape index (κ2) is 7.63. The zero-order valence-electron chi connectivity index (χ0n) is 14.2. The fourth-order valence-electron chi connectivity index (χ4n) is 3.04. The van der Waals surface area contributed by atoms with Gasteiger partial charge in [0.15, 0.2) is 0 Å². The Bertz CT molecular complexity index is 829. The van der Waals surface area contributed by atoms with Crippen molar-refractivity contribution in [3.05, 3.63) is 42.0 Å². The lowest BCUT2D eigenvalue weighted by molar-refractivity contribution is 0.358. The highest BCUT2D eigenvalue weighted by molar-refractivity contribution is 7.89. The first kappa shape index (κ1) is 18.0. The van der Waals surface area contributed by atoms with Crippen LogP contribution in [0.3, 0.4) is 0 Å². The molecule has 0 aliphatic carbocycles. The summed E-state index contributed by atoms with van der Waals surface area (Å²) in [5, 5.41) is 7.36. The third-order valence-electron chi connectivity index (χ3n) is 4.43. The SMILES string of the molecule is Cc1cnn(-c2ccc(S(=O)(=O)NCCC3CCCNC3)cc2F)c1. The van der Waals surface area contributed by atoms with E-state index in [-0.39, 0.29) is 10.6 Å². The largest absolute Gasteiger partial charge is 0.316 e. The van der Waals surface area contributed by atoms with Crippen LogP contribution in [0.5, 0.6) is 0 Å². The zero-order valence-corrected chi connectivity index (χ0v) is 15.0. The number of nitrogens with one attached hydrogen (secondary N) is 2. The summed E-state index contributed by atoms with van der Waals surface area (Å²) in [5.74, 6) is -0.138. The zero-order chi connectivity index (χ0) is 17.9. The molecule has 1 unspecified atom stereocenters. The molecule has 6 nitrogen and oxygen atoms in total. The van der Waals surface area contributed by atoms with E-state index >= 15 is 0 Å². The smallest absolute Gasteiger partial charge is 0.240 e. The summed E-state index contributed by atoms with van der Waals surface area (Å²) in [7, 11) is -3.72. The second-order valence-corrected chi connectivity index (χ2v) is 8.24. The van der Waals surface area contributed by atoms with Gasteiger partial charge in [-0.05, 0) is 69.0 Å². The highest BCUT2D eigenvalue weighted by Crippen LogP contribution is 2.19. The third-order valence-corrected chi connectivity index (χ3v) is 5.89. The van der Waals surface area contributed by atoms with Gasteiger partial charge in [-0.25, -0.2) is 22.2 Å². The number of rotatable bonds is 6. The van der Waals surface area contributed by atoms with E-state index in [1.807, 2.05) is 6.92 Å². The molecular weight excluding hydrogens is 343 g/mol. The molecule has 2 heterocycles. The van der Waals surface area contributed by atoms with Gasteiger partial charge in [0.1, 0.15) is 11.5 Å².